The lowest BCUT2D eigenvalue weighted by Crippen LogP contribution is -1.98. The van der Waals surface area contributed by atoms with E-state index in [0.29, 0.717) is 0 Å². The Bertz CT molecular complexity index is 591. The van der Waals surface area contributed by atoms with E-state index in [-0.39, 0.29) is 0 Å². The van der Waals surface area contributed by atoms with Gasteiger partial charge in [-0.15, -0.1) is 0 Å². The minimum atomic E-state index is 1.03. The zero-order valence-corrected chi connectivity index (χ0v) is 10.5. The Kier molecular flexibility index (Phi) is 2.34. The van der Waals surface area contributed by atoms with Gasteiger partial charge in [0, 0.05) is 23.7 Å². The quantitative estimate of drug-likeness (QED) is 0.732. The van der Waals surface area contributed by atoms with Crippen molar-refractivity contribution in [1.29, 1.82) is 0 Å². The van der Waals surface area contributed by atoms with Gasteiger partial charge in [-0.3, -0.25) is 9.67 Å². The predicted molar refractivity (Wildman–Crippen MR) is 67.4 cm³/mol. The molecule has 0 N–H and O–H groups in total. The van der Waals surface area contributed by atoms with Crippen LogP contribution in [0.4, 0.5) is 0 Å². The molecule has 0 aliphatic rings. The molecule has 0 amide bonds. The first kappa shape index (κ1) is 10.9. The second kappa shape index (κ2) is 3.44. The number of hydrogen-bond donors (Lipinski definition) is 0. The Labute approximate surface area is 95.8 Å². The molecule has 3 heteroatoms. The molecular weight excluding hydrogens is 198 g/mol. The molecule has 2 aromatic heterocycles. The van der Waals surface area contributed by atoms with Gasteiger partial charge in [-0.2, -0.15) is 5.10 Å². The SMILES string of the molecule is C=C(C)c1c(C)nc(C)c2c1c(C)nn2C. The molecule has 0 unspecified atom stereocenters. The Hall–Kier alpha value is -1.64. The summed E-state index contributed by atoms with van der Waals surface area (Å²) in [5.74, 6) is 0. The number of allylic oxidation sites excluding steroid dienone is 1. The maximum Gasteiger partial charge on any atom is 0.0900 e. The van der Waals surface area contributed by atoms with Crippen LogP contribution in [0.3, 0.4) is 0 Å². The van der Waals surface area contributed by atoms with Crippen molar-refractivity contribution in [3.63, 3.8) is 0 Å². The number of rotatable bonds is 1. The fraction of sp³-hybridized carbons (Fsp3) is 0.385. The number of hydrogen-bond acceptors (Lipinski definition) is 2. The maximum absolute atomic E-state index is 4.58. The van der Waals surface area contributed by atoms with E-state index >= 15 is 0 Å². The van der Waals surface area contributed by atoms with Gasteiger partial charge in [0.05, 0.1) is 16.9 Å². The highest BCUT2D eigenvalue weighted by atomic mass is 15.3. The first-order chi connectivity index (χ1) is 7.43. The number of pyridine rings is 1. The molecule has 0 aliphatic heterocycles. The first-order valence-electron chi connectivity index (χ1n) is 5.40. The van der Waals surface area contributed by atoms with E-state index in [2.05, 4.69) is 16.7 Å². The Morgan fingerprint density at radius 2 is 1.75 bits per heavy atom. The molecule has 0 atom stereocenters. The largest absolute Gasteiger partial charge is 0.266 e. The fourth-order valence-electron chi connectivity index (χ4n) is 2.44. The summed E-state index contributed by atoms with van der Waals surface area (Å²) >= 11 is 0. The minimum absolute atomic E-state index is 1.03. The van der Waals surface area contributed by atoms with Gasteiger partial charge in [0.15, 0.2) is 0 Å². The molecule has 2 heterocycles. The molecular formula is C13H17N3. The first-order valence-corrected chi connectivity index (χ1v) is 5.40. The van der Waals surface area contributed by atoms with Crippen LogP contribution in [0.15, 0.2) is 6.58 Å². The van der Waals surface area contributed by atoms with Crippen molar-refractivity contribution >= 4 is 16.5 Å². The van der Waals surface area contributed by atoms with Crippen molar-refractivity contribution in [3.8, 4) is 0 Å². The second-order valence-electron chi connectivity index (χ2n) is 4.37. The number of fused-ring (bicyclic) bond motifs is 1. The summed E-state index contributed by atoms with van der Waals surface area (Å²) in [4.78, 5) is 4.58. The van der Waals surface area contributed by atoms with Crippen LogP contribution in [0.5, 0.6) is 0 Å². The van der Waals surface area contributed by atoms with E-state index < -0.39 is 0 Å². The molecule has 0 bridgehead atoms. The third-order valence-electron chi connectivity index (χ3n) is 2.94. The van der Waals surface area contributed by atoms with E-state index in [1.165, 1.54) is 5.39 Å². The van der Waals surface area contributed by atoms with Gasteiger partial charge in [0.1, 0.15) is 0 Å². The van der Waals surface area contributed by atoms with Gasteiger partial charge < -0.3 is 0 Å². The molecule has 2 rings (SSSR count). The van der Waals surface area contributed by atoms with E-state index in [4.69, 9.17) is 0 Å². The zero-order valence-electron chi connectivity index (χ0n) is 10.5. The summed E-state index contributed by atoms with van der Waals surface area (Å²) in [7, 11) is 1.96. The second-order valence-corrected chi connectivity index (χ2v) is 4.37. The lowest BCUT2D eigenvalue weighted by molar-refractivity contribution is 0.779. The smallest absolute Gasteiger partial charge is 0.0900 e. The Morgan fingerprint density at radius 1 is 1.12 bits per heavy atom. The van der Waals surface area contributed by atoms with E-state index in [1.54, 1.807) is 0 Å². The minimum Gasteiger partial charge on any atom is -0.266 e. The average Bonchev–Trinajstić information content (AvgIpc) is 2.41. The van der Waals surface area contributed by atoms with Gasteiger partial charge in [-0.1, -0.05) is 6.58 Å². The molecule has 0 saturated carbocycles. The predicted octanol–water partition coefficient (Wildman–Crippen LogP) is 2.93. The number of aromatic nitrogens is 3. The molecule has 0 aromatic carbocycles. The maximum atomic E-state index is 4.58. The van der Waals surface area contributed by atoms with Crippen LogP contribution in [0.2, 0.25) is 0 Å². The van der Waals surface area contributed by atoms with Gasteiger partial charge in [-0.05, 0) is 33.3 Å². The third-order valence-corrected chi connectivity index (χ3v) is 2.94. The van der Waals surface area contributed by atoms with E-state index in [0.717, 1.165) is 33.7 Å². The van der Waals surface area contributed by atoms with Crippen molar-refractivity contribution < 1.29 is 0 Å². The Balaban J connectivity index is 3.05. The van der Waals surface area contributed by atoms with Gasteiger partial charge in [0.25, 0.3) is 0 Å². The fourth-order valence-corrected chi connectivity index (χ4v) is 2.44. The van der Waals surface area contributed by atoms with Crippen molar-refractivity contribution in [2.45, 2.75) is 27.7 Å². The molecule has 3 nitrogen and oxygen atoms in total. The summed E-state index contributed by atoms with van der Waals surface area (Å²) in [5.41, 5.74) is 6.41. The summed E-state index contributed by atoms with van der Waals surface area (Å²) < 4.78 is 1.90. The van der Waals surface area contributed by atoms with Crippen molar-refractivity contribution in [2.75, 3.05) is 0 Å². The topological polar surface area (TPSA) is 30.7 Å². The standard InChI is InChI=1S/C13H17N3/c1-7(2)11-8(3)14-10(5)13-12(11)9(4)15-16(13)6/h1H2,2-6H3. The van der Waals surface area contributed by atoms with Crippen LogP contribution in [-0.2, 0) is 7.05 Å². The van der Waals surface area contributed by atoms with Crippen LogP contribution < -0.4 is 0 Å². The van der Waals surface area contributed by atoms with E-state index in [9.17, 15) is 0 Å². The molecule has 0 fully saturated rings. The van der Waals surface area contributed by atoms with Crippen LogP contribution >= 0.6 is 0 Å². The van der Waals surface area contributed by atoms with Crippen molar-refractivity contribution in [2.24, 2.45) is 7.05 Å². The molecule has 84 valence electrons. The van der Waals surface area contributed by atoms with Crippen LogP contribution in [0.25, 0.3) is 16.5 Å². The molecule has 2 aromatic rings. The lowest BCUT2D eigenvalue weighted by Gasteiger charge is -2.09. The Morgan fingerprint density at radius 3 is 2.31 bits per heavy atom. The molecule has 0 aliphatic carbocycles. The van der Waals surface area contributed by atoms with Crippen molar-refractivity contribution in [3.05, 3.63) is 29.2 Å². The highest BCUT2D eigenvalue weighted by molar-refractivity contribution is 5.95. The third kappa shape index (κ3) is 1.35. The van der Waals surface area contributed by atoms with Gasteiger partial charge >= 0.3 is 0 Å². The zero-order chi connectivity index (χ0) is 12.0. The summed E-state index contributed by atoms with van der Waals surface area (Å²) in [6.07, 6.45) is 0. The molecule has 0 spiro atoms. The van der Waals surface area contributed by atoms with Crippen LogP contribution in [0.1, 0.15) is 29.6 Å². The average molecular weight is 215 g/mol. The van der Waals surface area contributed by atoms with Gasteiger partial charge in [-0.25, -0.2) is 0 Å². The normalized spacial score (nSPS) is 11.1. The van der Waals surface area contributed by atoms with Crippen LogP contribution in [0, 0.1) is 20.8 Å². The summed E-state index contributed by atoms with van der Waals surface area (Å²) in [6.45, 7) is 12.2. The van der Waals surface area contributed by atoms with Crippen LogP contribution in [-0.4, -0.2) is 14.8 Å². The monoisotopic (exact) mass is 215 g/mol. The molecule has 0 saturated heterocycles. The highest BCUT2D eigenvalue weighted by Crippen LogP contribution is 2.30. The summed E-state index contributed by atoms with van der Waals surface area (Å²) in [5, 5.41) is 5.67. The van der Waals surface area contributed by atoms with E-state index in [1.807, 2.05) is 39.4 Å². The molecule has 0 radical (unpaired) electrons. The number of nitrogens with zero attached hydrogens (tertiary/aromatic N) is 3. The summed E-state index contributed by atoms with van der Waals surface area (Å²) in [6, 6.07) is 0. The highest BCUT2D eigenvalue weighted by Gasteiger charge is 2.16. The number of aryl methyl sites for hydroxylation is 4. The van der Waals surface area contributed by atoms with Crippen molar-refractivity contribution in [1.82, 2.24) is 14.8 Å². The lowest BCUT2D eigenvalue weighted by atomic mass is 10.0. The van der Waals surface area contributed by atoms with Gasteiger partial charge in [0.2, 0.25) is 0 Å². The molecule has 16 heavy (non-hydrogen) atoms.